The van der Waals surface area contributed by atoms with E-state index in [0.717, 1.165) is 6.42 Å². The van der Waals surface area contributed by atoms with E-state index in [1.165, 1.54) is 0 Å². The summed E-state index contributed by atoms with van der Waals surface area (Å²) in [6.45, 7) is 0. The average Bonchev–Trinajstić information content (AvgIpc) is 2.67. The van der Waals surface area contributed by atoms with Crippen LogP contribution in [0.25, 0.3) is 5.53 Å². The maximum Gasteiger partial charge on any atom is 0.282 e. The highest BCUT2D eigenvalue weighted by Crippen LogP contribution is 2.44. The minimum absolute atomic E-state index is 0.303. The fourth-order valence-corrected chi connectivity index (χ4v) is 2.42. The molecule has 13 heavy (non-hydrogen) atoms. The monoisotopic (exact) mass is 178 g/mol. The van der Waals surface area contributed by atoms with E-state index in [1.54, 1.807) is 0 Å². The fraction of sp³-hybridized carbons (Fsp3) is 0.667. The van der Waals surface area contributed by atoms with Gasteiger partial charge in [0.1, 0.15) is 5.41 Å². The van der Waals surface area contributed by atoms with E-state index in [1.807, 2.05) is 0 Å². The van der Waals surface area contributed by atoms with E-state index in [2.05, 4.69) is 4.79 Å². The summed E-state index contributed by atoms with van der Waals surface area (Å²) in [5.74, 6) is -0.638. The van der Waals surface area contributed by atoms with E-state index >= 15 is 0 Å². The lowest BCUT2D eigenvalue weighted by Gasteiger charge is -2.12. The number of Topliss-reactive ketones (excluding diaryl/α,β-unsaturated/α-hetero) is 2. The molecule has 1 unspecified atom stereocenters. The Bertz CT molecular complexity index is 342. The minimum atomic E-state index is -0.703. The zero-order valence-electron chi connectivity index (χ0n) is 7.25. The van der Waals surface area contributed by atoms with Crippen molar-refractivity contribution in [2.24, 2.45) is 5.41 Å². The largest absolute Gasteiger partial charge is 0.362 e. The third-order valence-corrected chi connectivity index (χ3v) is 3.16. The maximum atomic E-state index is 11.6. The van der Waals surface area contributed by atoms with Gasteiger partial charge in [0.2, 0.25) is 5.78 Å². The van der Waals surface area contributed by atoms with Crippen molar-refractivity contribution in [2.45, 2.75) is 32.1 Å². The number of nitrogens with zero attached hydrogens (tertiary/aromatic N) is 2. The van der Waals surface area contributed by atoms with Crippen LogP contribution in [0.15, 0.2) is 0 Å². The zero-order valence-corrected chi connectivity index (χ0v) is 7.25. The van der Waals surface area contributed by atoms with Crippen LogP contribution in [-0.2, 0) is 9.59 Å². The summed E-state index contributed by atoms with van der Waals surface area (Å²) in [5, 5.41) is 0. The van der Waals surface area contributed by atoms with Gasteiger partial charge in [-0.05, 0) is 19.3 Å². The summed E-state index contributed by atoms with van der Waals surface area (Å²) < 4.78 is 0. The van der Waals surface area contributed by atoms with Crippen molar-refractivity contribution in [1.82, 2.24) is 0 Å². The van der Waals surface area contributed by atoms with Gasteiger partial charge in [-0.2, -0.15) is 4.79 Å². The molecule has 1 atom stereocenters. The standard InChI is InChI=1S/C9H10N2O2/c10-11-7-2-1-4-9(7)5-3-6(12)8(9)13/h1-5H2. The van der Waals surface area contributed by atoms with E-state index in [4.69, 9.17) is 5.53 Å². The molecule has 68 valence electrons. The maximum absolute atomic E-state index is 11.6. The van der Waals surface area contributed by atoms with E-state index in [9.17, 15) is 9.59 Å². The number of carbonyl (C=O) groups excluding carboxylic acids is 2. The Labute approximate surface area is 75.6 Å². The van der Waals surface area contributed by atoms with Crippen LogP contribution >= 0.6 is 0 Å². The van der Waals surface area contributed by atoms with Gasteiger partial charge < -0.3 is 5.53 Å². The molecule has 0 amide bonds. The topological polar surface area (TPSA) is 70.5 Å². The lowest BCUT2D eigenvalue weighted by molar-refractivity contribution is -0.137. The summed E-state index contributed by atoms with van der Waals surface area (Å²) in [5.41, 5.74) is 8.53. The highest BCUT2D eigenvalue weighted by atomic mass is 16.2. The molecule has 0 aromatic carbocycles. The first-order valence-electron chi connectivity index (χ1n) is 4.50. The van der Waals surface area contributed by atoms with Crippen LogP contribution in [0, 0.1) is 5.41 Å². The van der Waals surface area contributed by atoms with Gasteiger partial charge in [-0.15, -0.1) is 0 Å². The second-order valence-electron chi connectivity index (χ2n) is 3.73. The Morgan fingerprint density at radius 3 is 2.54 bits per heavy atom. The molecule has 2 aliphatic carbocycles. The smallest absolute Gasteiger partial charge is 0.282 e. The summed E-state index contributed by atoms with van der Waals surface area (Å²) in [4.78, 5) is 25.8. The van der Waals surface area contributed by atoms with Crippen molar-refractivity contribution in [3.63, 3.8) is 0 Å². The van der Waals surface area contributed by atoms with Gasteiger partial charge in [-0.3, -0.25) is 9.59 Å². The predicted molar refractivity (Wildman–Crippen MR) is 44.2 cm³/mol. The van der Waals surface area contributed by atoms with Crippen LogP contribution in [0.1, 0.15) is 32.1 Å². The van der Waals surface area contributed by atoms with Crippen LogP contribution < -0.4 is 0 Å². The molecular weight excluding hydrogens is 168 g/mol. The highest BCUT2D eigenvalue weighted by molar-refractivity contribution is 6.45. The van der Waals surface area contributed by atoms with Crippen LogP contribution in [-0.4, -0.2) is 22.1 Å². The van der Waals surface area contributed by atoms with Gasteiger partial charge in [-0.1, -0.05) is 0 Å². The number of rotatable bonds is 0. The van der Waals surface area contributed by atoms with Crippen molar-refractivity contribution in [3.05, 3.63) is 5.53 Å². The van der Waals surface area contributed by atoms with Crippen LogP contribution in [0.2, 0.25) is 0 Å². The third kappa shape index (κ3) is 0.923. The molecule has 0 aromatic heterocycles. The van der Waals surface area contributed by atoms with Gasteiger partial charge in [0.05, 0.1) is 0 Å². The van der Waals surface area contributed by atoms with Crippen molar-refractivity contribution in [2.75, 3.05) is 0 Å². The van der Waals surface area contributed by atoms with Crippen molar-refractivity contribution >= 4 is 17.3 Å². The first-order valence-corrected chi connectivity index (χ1v) is 4.50. The highest BCUT2D eigenvalue weighted by Gasteiger charge is 2.57. The second-order valence-corrected chi connectivity index (χ2v) is 3.73. The number of ketones is 2. The van der Waals surface area contributed by atoms with E-state index < -0.39 is 5.41 Å². The Hall–Kier alpha value is -1.28. The van der Waals surface area contributed by atoms with Crippen LogP contribution in [0.5, 0.6) is 0 Å². The Morgan fingerprint density at radius 2 is 2.00 bits per heavy atom. The van der Waals surface area contributed by atoms with Crippen molar-refractivity contribution < 1.29 is 14.4 Å². The summed E-state index contributed by atoms with van der Waals surface area (Å²) in [6, 6.07) is 0. The molecule has 2 fully saturated rings. The molecule has 2 aliphatic rings. The molecule has 4 nitrogen and oxygen atoms in total. The molecule has 0 bridgehead atoms. The molecule has 0 aromatic rings. The lowest BCUT2D eigenvalue weighted by Crippen LogP contribution is -2.33. The predicted octanol–water partition coefficient (Wildman–Crippen LogP) is 0.760. The normalized spacial score (nSPS) is 33.1. The molecule has 2 rings (SSSR count). The molecule has 0 aliphatic heterocycles. The molecule has 4 heteroatoms. The molecule has 0 radical (unpaired) electrons. The lowest BCUT2D eigenvalue weighted by atomic mass is 9.82. The molecule has 0 N–H and O–H groups in total. The Kier molecular flexibility index (Phi) is 1.67. The number of hydrogen-bond donors (Lipinski definition) is 0. The van der Waals surface area contributed by atoms with Gasteiger partial charge in [-0.25, -0.2) is 0 Å². The number of carbonyl (C=O) groups is 2. The third-order valence-electron chi connectivity index (χ3n) is 3.16. The molecular formula is C9H10N2O2. The van der Waals surface area contributed by atoms with Gasteiger partial charge in [0, 0.05) is 12.8 Å². The Balaban J connectivity index is 2.46. The van der Waals surface area contributed by atoms with Crippen LogP contribution in [0.4, 0.5) is 0 Å². The summed E-state index contributed by atoms with van der Waals surface area (Å²) in [7, 11) is 0. The molecule has 1 spiro atoms. The average molecular weight is 178 g/mol. The molecule has 2 saturated carbocycles. The zero-order chi connectivity index (χ0) is 9.47. The first kappa shape index (κ1) is 8.32. The van der Waals surface area contributed by atoms with E-state index in [-0.39, 0.29) is 11.6 Å². The summed E-state index contributed by atoms with van der Waals surface area (Å²) in [6.07, 6.45) is 3.03. The second kappa shape index (κ2) is 2.60. The molecule has 0 heterocycles. The fourth-order valence-electron chi connectivity index (χ4n) is 2.42. The minimum Gasteiger partial charge on any atom is -0.362 e. The molecule has 0 saturated heterocycles. The first-order chi connectivity index (χ1) is 6.20. The van der Waals surface area contributed by atoms with Crippen molar-refractivity contribution in [3.8, 4) is 0 Å². The quantitative estimate of drug-likeness (QED) is 0.312. The van der Waals surface area contributed by atoms with Gasteiger partial charge in [0.25, 0.3) is 5.71 Å². The summed E-state index contributed by atoms with van der Waals surface area (Å²) >= 11 is 0. The van der Waals surface area contributed by atoms with Gasteiger partial charge >= 0.3 is 0 Å². The Morgan fingerprint density at radius 1 is 1.23 bits per heavy atom. The van der Waals surface area contributed by atoms with Crippen molar-refractivity contribution in [1.29, 1.82) is 0 Å². The van der Waals surface area contributed by atoms with Gasteiger partial charge in [0.15, 0.2) is 5.78 Å². The SMILES string of the molecule is [N-]=[N+]=C1CCCC12CCC(=O)C2=O. The number of hydrogen-bond acceptors (Lipinski definition) is 2. The van der Waals surface area contributed by atoms with Crippen LogP contribution in [0.3, 0.4) is 0 Å². The van der Waals surface area contributed by atoms with E-state index in [0.29, 0.717) is 31.4 Å².